The number of amides is 1. The number of nitrogens with two attached hydrogens (primary N) is 1. The van der Waals surface area contributed by atoms with Crippen LogP contribution in [0.5, 0.6) is 5.75 Å². The normalized spacial score (nSPS) is 11.8. The van der Waals surface area contributed by atoms with Gasteiger partial charge in [-0.25, -0.2) is 0 Å². The maximum Gasteiger partial charge on any atom is 0.258 e. The van der Waals surface area contributed by atoms with E-state index in [4.69, 9.17) is 10.5 Å². The summed E-state index contributed by atoms with van der Waals surface area (Å²) in [5, 5.41) is 0. The molecule has 0 aliphatic heterocycles. The lowest BCUT2D eigenvalue weighted by atomic mass is 10.1. The van der Waals surface area contributed by atoms with Gasteiger partial charge in [-0.2, -0.15) is 0 Å². The Hall–Kier alpha value is -2.36. The summed E-state index contributed by atoms with van der Waals surface area (Å²) >= 11 is 0. The number of rotatable bonds is 6. The van der Waals surface area contributed by atoms with E-state index in [1.54, 1.807) is 36.7 Å². The van der Waals surface area contributed by atoms with Gasteiger partial charge in [0, 0.05) is 12.4 Å². The topological polar surface area (TPSA) is 65.2 Å². The number of aromatic nitrogens is 1. The molecule has 2 aromatic rings. The van der Waals surface area contributed by atoms with Gasteiger partial charge in [0.25, 0.3) is 5.91 Å². The minimum absolute atomic E-state index is 0.457. The molecule has 1 aromatic carbocycles. The van der Waals surface area contributed by atoms with Gasteiger partial charge in [-0.05, 0) is 48.7 Å². The van der Waals surface area contributed by atoms with Gasteiger partial charge >= 0.3 is 0 Å². The Balaban J connectivity index is 1.95. The number of aryl methyl sites for hydroxylation is 1. The number of nitrogens with zero attached hydrogens (tertiary/aromatic N) is 1. The van der Waals surface area contributed by atoms with Crippen LogP contribution in [0.15, 0.2) is 48.8 Å². The molecule has 0 aliphatic rings. The predicted molar refractivity (Wildman–Crippen MR) is 71.4 cm³/mol. The second kappa shape index (κ2) is 6.54. The predicted octanol–water partition coefficient (Wildman–Crippen LogP) is 1.75. The lowest BCUT2D eigenvalue weighted by Crippen LogP contribution is -2.34. The molecule has 4 heteroatoms. The fourth-order valence-corrected chi connectivity index (χ4v) is 1.72. The van der Waals surface area contributed by atoms with Gasteiger partial charge in [-0.1, -0.05) is 12.1 Å². The van der Waals surface area contributed by atoms with Crippen molar-refractivity contribution in [1.82, 2.24) is 4.98 Å². The van der Waals surface area contributed by atoms with Crippen molar-refractivity contribution in [2.45, 2.75) is 18.9 Å². The smallest absolute Gasteiger partial charge is 0.258 e. The van der Waals surface area contributed by atoms with Gasteiger partial charge in [0.05, 0.1) is 0 Å². The van der Waals surface area contributed by atoms with E-state index in [2.05, 4.69) is 11.1 Å². The number of primary amides is 1. The summed E-state index contributed by atoms with van der Waals surface area (Å²) in [6.07, 6.45) is 4.08. The highest BCUT2D eigenvalue weighted by molar-refractivity contribution is 5.79. The van der Waals surface area contributed by atoms with Gasteiger partial charge in [-0.3, -0.25) is 9.78 Å². The minimum atomic E-state index is -0.629. The third-order valence-corrected chi connectivity index (χ3v) is 2.73. The quantitative estimate of drug-likeness (QED) is 0.855. The highest BCUT2D eigenvalue weighted by Crippen LogP contribution is 2.14. The van der Waals surface area contributed by atoms with E-state index in [0.717, 1.165) is 12.0 Å². The molecule has 1 radical (unpaired) electrons. The number of hydrogen-bond donors (Lipinski definition) is 1. The number of pyridine rings is 1. The zero-order chi connectivity index (χ0) is 13.5. The SMILES string of the molecule is NC(=O)C(CCc1ccncc1)Oc1cc[c]cc1. The molecular formula is C15H15N2O2. The van der Waals surface area contributed by atoms with E-state index in [1.165, 1.54) is 0 Å². The van der Waals surface area contributed by atoms with E-state index in [9.17, 15) is 4.79 Å². The molecule has 1 atom stereocenters. The first-order valence-electron chi connectivity index (χ1n) is 6.06. The lowest BCUT2D eigenvalue weighted by Gasteiger charge is -2.15. The first-order valence-corrected chi connectivity index (χ1v) is 6.06. The molecule has 0 aliphatic carbocycles. The Labute approximate surface area is 112 Å². The maximum absolute atomic E-state index is 11.4. The van der Waals surface area contributed by atoms with Crippen molar-refractivity contribution in [2.75, 3.05) is 0 Å². The van der Waals surface area contributed by atoms with Crippen LogP contribution in [0.1, 0.15) is 12.0 Å². The zero-order valence-corrected chi connectivity index (χ0v) is 10.5. The Morgan fingerprint density at radius 3 is 2.58 bits per heavy atom. The standard InChI is InChI=1S/C15H15N2O2/c16-15(18)14(19-13-4-2-1-3-5-13)7-6-12-8-10-17-11-9-12/h2-5,8-11,14H,6-7H2,(H2,16,18). The molecule has 1 heterocycles. The van der Waals surface area contributed by atoms with Crippen molar-refractivity contribution < 1.29 is 9.53 Å². The van der Waals surface area contributed by atoms with E-state index in [0.29, 0.717) is 12.2 Å². The molecule has 0 saturated heterocycles. The van der Waals surface area contributed by atoms with E-state index in [1.807, 2.05) is 12.1 Å². The lowest BCUT2D eigenvalue weighted by molar-refractivity contribution is -0.124. The van der Waals surface area contributed by atoms with E-state index >= 15 is 0 Å². The largest absolute Gasteiger partial charge is 0.481 e. The van der Waals surface area contributed by atoms with Gasteiger partial charge in [-0.15, -0.1) is 0 Å². The molecule has 2 N–H and O–H groups in total. The van der Waals surface area contributed by atoms with E-state index in [-0.39, 0.29) is 0 Å². The van der Waals surface area contributed by atoms with Crippen molar-refractivity contribution in [3.8, 4) is 5.75 Å². The second-order valence-corrected chi connectivity index (χ2v) is 4.14. The van der Waals surface area contributed by atoms with Gasteiger partial charge in [0.1, 0.15) is 5.75 Å². The maximum atomic E-state index is 11.4. The molecule has 0 spiro atoms. The highest BCUT2D eigenvalue weighted by atomic mass is 16.5. The Morgan fingerprint density at radius 2 is 1.95 bits per heavy atom. The van der Waals surface area contributed by atoms with E-state index < -0.39 is 12.0 Å². The summed E-state index contributed by atoms with van der Waals surface area (Å²) in [6.45, 7) is 0. The van der Waals surface area contributed by atoms with Crippen molar-refractivity contribution in [3.63, 3.8) is 0 Å². The van der Waals surface area contributed by atoms with Crippen LogP contribution in [0, 0.1) is 6.07 Å². The minimum Gasteiger partial charge on any atom is -0.481 e. The summed E-state index contributed by atoms with van der Waals surface area (Å²) in [5.74, 6) is 0.166. The first-order chi connectivity index (χ1) is 9.25. The molecule has 0 fully saturated rings. The van der Waals surface area contributed by atoms with Crippen LogP contribution in [0.4, 0.5) is 0 Å². The van der Waals surface area contributed by atoms with Crippen LogP contribution in [-0.2, 0) is 11.2 Å². The summed E-state index contributed by atoms with van der Waals surface area (Å²) < 4.78 is 5.59. The van der Waals surface area contributed by atoms with Crippen LogP contribution in [0.2, 0.25) is 0 Å². The molecule has 0 bridgehead atoms. The van der Waals surface area contributed by atoms with Crippen molar-refractivity contribution >= 4 is 5.91 Å². The van der Waals surface area contributed by atoms with Crippen LogP contribution < -0.4 is 10.5 Å². The van der Waals surface area contributed by atoms with Crippen molar-refractivity contribution in [2.24, 2.45) is 5.73 Å². The average Bonchev–Trinajstić information content (AvgIpc) is 2.45. The highest BCUT2D eigenvalue weighted by Gasteiger charge is 2.17. The zero-order valence-electron chi connectivity index (χ0n) is 10.5. The van der Waals surface area contributed by atoms with Crippen molar-refractivity contribution in [3.05, 3.63) is 60.4 Å². The third-order valence-electron chi connectivity index (χ3n) is 2.73. The molecule has 1 amide bonds. The monoisotopic (exact) mass is 255 g/mol. The molecule has 19 heavy (non-hydrogen) atoms. The first kappa shape index (κ1) is 13.1. The van der Waals surface area contributed by atoms with Gasteiger partial charge in [0.15, 0.2) is 6.10 Å². The molecule has 1 aromatic heterocycles. The summed E-state index contributed by atoms with van der Waals surface area (Å²) in [7, 11) is 0. The van der Waals surface area contributed by atoms with Crippen molar-refractivity contribution in [1.29, 1.82) is 0 Å². The molecule has 4 nitrogen and oxygen atoms in total. The van der Waals surface area contributed by atoms with Crippen LogP contribution in [0.25, 0.3) is 0 Å². The second-order valence-electron chi connectivity index (χ2n) is 4.14. The fourth-order valence-electron chi connectivity index (χ4n) is 1.72. The number of carbonyl (C=O) groups excluding carboxylic acids is 1. The number of ether oxygens (including phenoxy) is 1. The molecule has 0 saturated carbocycles. The molecular weight excluding hydrogens is 240 g/mol. The third kappa shape index (κ3) is 4.10. The summed E-state index contributed by atoms with van der Waals surface area (Å²) in [6, 6.07) is 13.7. The van der Waals surface area contributed by atoms with Crippen LogP contribution in [-0.4, -0.2) is 17.0 Å². The summed E-state index contributed by atoms with van der Waals surface area (Å²) in [5.41, 5.74) is 6.47. The fraction of sp³-hybridized carbons (Fsp3) is 0.200. The molecule has 1 unspecified atom stereocenters. The number of carbonyl (C=O) groups is 1. The molecule has 2 rings (SSSR count). The number of benzene rings is 1. The van der Waals surface area contributed by atoms with Crippen LogP contribution in [0.3, 0.4) is 0 Å². The summed E-state index contributed by atoms with van der Waals surface area (Å²) in [4.78, 5) is 15.4. The van der Waals surface area contributed by atoms with Crippen LogP contribution >= 0.6 is 0 Å². The Morgan fingerprint density at radius 1 is 1.26 bits per heavy atom. The van der Waals surface area contributed by atoms with Gasteiger partial charge in [0.2, 0.25) is 0 Å². The van der Waals surface area contributed by atoms with Gasteiger partial charge < -0.3 is 10.5 Å². The number of hydrogen-bond acceptors (Lipinski definition) is 3. The molecule has 97 valence electrons. The Bertz CT molecular complexity index is 514. The Kier molecular flexibility index (Phi) is 4.50. The average molecular weight is 255 g/mol.